The van der Waals surface area contributed by atoms with Crippen LogP contribution in [0.4, 0.5) is 10.5 Å². The van der Waals surface area contributed by atoms with E-state index >= 15 is 0 Å². The Bertz CT molecular complexity index is 800. The van der Waals surface area contributed by atoms with Crippen molar-refractivity contribution in [2.75, 3.05) is 31.6 Å². The average Bonchev–Trinajstić information content (AvgIpc) is 3.09. The summed E-state index contributed by atoms with van der Waals surface area (Å²) < 4.78 is 10.6. The van der Waals surface area contributed by atoms with Crippen LogP contribution in [0.3, 0.4) is 0 Å². The highest BCUT2D eigenvalue weighted by molar-refractivity contribution is 6.00. The second-order valence-electron chi connectivity index (χ2n) is 6.55. The Morgan fingerprint density at radius 1 is 1.22 bits per heavy atom. The molecule has 7 nitrogen and oxygen atoms in total. The number of urea groups is 1. The Balaban J connectivity index is 1.55. The molecule has 27 heavy (non-hydrogen) atoms. The van der Waals surface area contributed by atoms with Gasteiger partial charge in [0.05, 0.1) is 7.11 Å². The van der Waals surface area contributed by atoms with Gasteiger partial charge in [-0.25, -0.2) is 4.79 Å². The number of carbonyl (C=O) groups is 2. The maximum absolute atomic E-state index is 12.8. The molecule has 0 radical (unpaired) electrons. The molecule has 1 aromatic heterocycles. The number of piperazine rings is 1. The van der Waals surface area contributed by atoms with E-state index < -0.39 is 6.04 Å². The molecule has 2 aromatic rings. The number of amides is 3. The molecule has 1 fully saturated rings. The van der Waals surface area contributed by atoms with Crippen molar-refractivity contribution < 1.29 is 18.7 Å². The monoisotopic (exact) mass is 371 g/mol. The molecule has 1 N–H and O–H groups in total. The minimum Gasteiger partial charge on any atom is -0.497 e. The van der Waals surface area contributed by atoms with Gasteiger partial charge < -0.3 is 24.3 Å². The molecule has 0 unspecified atom stereocenters. The van der Waals surface area contributed by atoms with Crippen molar-refractivity contribution in [3.05, 3.63) is 47.9 Å². The summed E-state index contributed by atoms with van der Waals surface area (Å²) in [5.41, 5.74) is 0.806. The van der Waals surface area contributed by atoms with E-state index in [-0.39, 0.29) is 11.9 Å². The van der Waals surface area contributed by atoms with Crippen LogP contribution >= 0.6 is 0 Å². The molecule has 1 aliphatic heterocycles. The molecule has 0 saturated carbocycles. The van der Waals surface area contributed by atoms with Gasteiger partial charge in [0, 0.05) is 31.7 Å². The number of aryl methyl sites for hydroxylation is 1. The van der Waals surface area contributed by atoms with Crippen LogP contribution in [-0.4, -0.2) is 49.6 Å². The zero-order valence-electron chi connectivity index (χ0n) is 15.9. The first-order chi connectivity index (χ1) is 13.0. The molecule has 3 amide bonds. The van der Waals surface area contributed by atoms with Crippen molar-refractivity contribution in [3.8, 4) is 5.75 Å². The number of hydrogen-bond acceptors (Lipinski definition) is 4. The topological polar surface area (TPSA) is 75.0 Å². The lowest BCUT2D eigenvalue weighted by molar-refractivity contribution is -0.124. The summed E-state index contributed by atoms with van der Waals surface area (Å²) in [6.45, 7) is 5.04. The fourth-order valence-electron chi connectivity index (χ4n) is 3.18. The molecular weight excluding hydrogens is 346 g/mol. The number of rotatable bonds is 5. The quantitative estimate of drug-likeness (QED) is 0.877. The molecule has 144 valence electrons. The maximum Gasteiger partial charge on any atom is 0.318 e. The lowest BCUT2D eigenvalue weighted by Crippen LogP contribution is -2.59. The van der Waals surface area contributed by atoms with Crippen LogP contribution in [0.5, 0.6) is 5.75 Å². The zero-order chi connectivity index (χ0) is 19.4. The van der Waals surface area contributed by atoms with Gasteiger partial charge in [0.2, 0.25) is 5.91 Å². The third-order valence-electron chi connectivity index (χ3n) is 4.74. The fraction of sp³-hybridized carbons (Fsp3) is 0.400. The highest BCUT2D eigenvalue weighted by atomic mass is 16.5. The summed E-state index contributed by atoms with van der Waals surface area (Å²) in [5, 5.41) is 2.87. The van der Waals surface area contributed by atoms with Crippen LogP contribution in [0, 0.1) is 6.92 Å². The van der Waals surface area contributed by atoms with E-state index in [4.69, 9.17) is 9.15 Å². The van der Waals surface area contributed by atoms with Gasteiger partial charge in [0.1, 0.15) is 23.3 Å². The minimum atomic E-state index is -0.522. The zero-order valence-corrected chi connectivity index (χ0v) is 15.9. The van der Waals surface area contributed by atoms with Crippen LogP contribution < -0.4 is 15.0 Å². The summed E-state index contributed by atoms with van der Waals surface area (Å²) in [5.74, 6) is 2.33. The average molecular weight is 371 g/mol. The molecule has 0 bridgehead atoms. The van der Waals surface area contributed by atoms with E-state index in [1.165, 1.54) is 0 Å². The first kappa shape index (κ1) is 18.8. The number of anilines is 1. The van der Waals surface area contributed by atoms with Gasteiger partial charge in [0.15, 0.2) is 0 Å². The van der Waals surface area contributed by atoms with E-state index in [1.807, 2.05) is 43.3 Å². The van der Waals surface area contributed by atoms with E-state index in [2.05, 4.69) is 5.32 Å². The number of benzene rings is 1. The summed E-state index contributed by atoms with van der Waals surface area (Å²) in [6.07, 6.45) is 0.619. The highest BCUT2D eigenvalue weighted by Crippen LogP contribution is 2.23. The largest absolute Gasteiger partial charge is 0.497 e. The van der Waals surface area contributed by atoms with Crippen LogP contribution in [0.15, 0.2) is 40.8 Å². The number of methoxy groups -OCH3 is 1. The van der Waals surface area contributed by atoms with Gasteiger partial charge in [0.25, 0.3) is 0 Å². The van der Waals surface area contributed by atoms with Crippen LogP contribution in [0.2, 0.25) is 0 Å². The lowest BCUT2D eigenvalue weighted by Gasteiger charge is -2.39. The fourth-order valence-corrected chi connectivity index (χ4v) is 3.18. The summed E-state index contributed by atoms with van der Waals surface area (Å²) in [6, 6.07) is 10.4. The standard InChI is InChI=1S/C20H25N3O4/c1-14-4-7-18(27-14)10-11-21-20(25)22-12-13-23(19(24)15(22)2)16-5-8-17(26-3)9-6-16/h4-9,15H,10-13H2,1-3H3,(H,21,25)/t15-/m1/s1. The van der Waals surface area contributed by atoms with Gasteiger partial charge in [-0.1, -0.05) is 0 Å². The normalized spacial score (nSPS) is 17.1. The predicted molar refractivity (Wildman–Crippen MR) is 102 cm³/mol. The summed E-state index contributed by atoms with van der Waals surface area (Å²) in [7, 11) is 1.60. The van der Waals surface area contributed by atoms with Gasteiger partial charge in [-0.05, 0) is 50.2 Å². The Morgan fingerprint density at radius 3 is 2.59 bits per heavy atom. The Kier molecular flexibility index (Phi) is 5.69. The first-order valence-electron chi connectivity index (χ1n) is 9.05. The number of nitrogens with zero attached hydrogens (tertiary/aromatic N) is 2. The summed E-state index contributed by atoms with van der Waals surface area (Å²) >= 11 is 0. The molecule has 1 aromatic carbocycles. The van der Waals surface area contributed by atoms with Gasteiger partial charge >= 0.3 is 6.03 Å². The Morgan fingerprint density at radius 2 is 1.96 bits per heavy atom. The Labute approximate surface area is 158 Å². The van der Waals surface area contributed by atoms with E-state index in [0.717, 1.165) is 23.0 Å². The van der Waals surface area contributed by atoms with Crippen molar-refractivity contribution in [1.82, 2.24) is 10.2 Å². The number of nitrogens with one attached hydrogen (secondary N) is 1. The van der Waals surface area contributed by atoms with Gasteiger partial charge in [-0.3, -0.25) is 4.79 Å². The number of ether oxygens (including phenoxy) is 1. The first-order valence-corrected chi connectivity index (χ1v) is 9.05. The summed E-state index contributed by atoms with van der Waals surface area (Å²) in [4.78, 5) is 28.5. The van der Waals surface area contributed by atoms with Crippen molar-refractivity contribution in [1.29, 1.82) is 0 Å². The third kappa shape index (κ3) is 4.24. The van der Waals surface area contributed by atoms with Gasteiger partial charge in [-0.15, -0.1) is 0 Å². The van der Waals surface area contributed by atoms with Crippen LogP contribution in [0.1, 0.15) is 18.4 Å². The maximum atomic E-state index is 12.8. The molecule has 1 saturated heterocycles. The minimum absolute atomic E-state index is 0.0942. The van der Waals surface area contributed by atoms with E-state index in [0.29, 0.717) is 26.1 Å². The Hall–Kier alpha value is -2.96. The van der Waals surface area contributed by atoms with E-state index in [9.17, 15) is 9.59 Å². The molecule has 2 heterocycles. The second-order valence-corrected chi connectivity index (χ2v) is 6.55. The lowest BCUT2D eigenvalue weighted by atomic mass is 10.1. The number of carbonyl (C=O) groups excluding carboxylic acids is 2. The predicted octanol–water partition coefficient (Wildman–Crippen LogP) is 2.59. The molecular formula is C20H25N3O4. The van der Waals surface area contributed by atoms with Crippen molar-refractivity contribution >= 4 is 17.6 Å². The smallest absolute Gasteiger partial charge is 0.318 e. The van der Waals surface area contributed by atoms with Crippen molar-refractivity contribution in [2.45, 2.75) is 26.3 Å². The molecule has 1 atom stereocenters. The molecule has 7 heteroatoms. The van der Waals surface area contributed by atoms with E-state index in [1.54, 1.807) is 23.8 Å². The van der Waals surface area contributed by atoms with Crippen molar-refractivity contribution in [3.63, 3.8) is 0 Å². The SMILES string of the molecule is COc1ccc(N2CCN(C(=O)NCCc3ccc(C)o3)[C@H](C)C2=O)cc1. The highest BCUT2D eigenvalue weighted by Gasteiger charge is 2.34. The molecule has 0 aliphatic carbocycles. The molecule has 1 aliphatic rings. The van der Waals surface area contributed by atoms with Crippen LogP contribution in [0.25, 0.3) is 0 Å². The number of furan rings is 1. The number of hydrogen-bond donors (Lipinski definition) is 1. The molecule has 0 spiro atoms. The van der Waals surface area contributed by atoms with Crippen LogP contribution in [-0.2, 0) is 11.2 Å². The van der Waals surface area contributed by atoms with Crippen molar-refractivity contribution in [2.24, 2.45) is 0 Å². The second kappa shape index (κ2) is 8.16. The van der Waals surface area contributed by atoms with Gasteiger partial charge in [-0.2, -0.15) is 0 Å². The molecule has 3 rings (SSSR count). The third-order valence-corrected chi connectivity index (χ3v) is 4.74.